The molecular formula is C12H16O. The molecule has 0 saturated carbocycles. The first-order chi connectivity index (χ1) is 6.29. The molecule has 1 rings (SSSR count). The largest absolute Gasteiger partial charge is 0.515 e. The predicted molar refractivity (Wildman–Crippen MR) is 56.5 cm³/mol. The van der Waals surface area contributed by atoms with E-state index in [9.17, 15) is 0 Å². The van der Waals surface area contributed by atoms with Crippen molar-refractivity contribution in [1.29, 1.82) is 0 Å². The maximum Gasteiger partial charge on any atom is 0.0832 e. The molecule has 1 N–H and O–H groups in total. The molecule has 0 aliphatic heterocycles. The van der Waals surface area contributed by atoms with E-state index in [1.807, 2.05) is 30.3 Å². The highest BCUT2D eigenvalue weighted by molar-refractivity contribution is 5.65. The Morgan fingerprint density at radius 3 is 2.46 bits per heavy atom. The summed E-state index contributed by atoms with van der Waals surface area (Å²) in [5.74, 6) is 0.410. The summed E-state index contributed by atoms with van der Waals surface area (Å²) in [5, 5.41) is 9.12. The molecule has 70 valence electrons. The van der Waals surface area contributed by atoms with E-state index in [0.29, 0.717) is 5.92 Å². The van der Waals surface area contributed by atoms with Gasteiger partial charge in [0.05, 0.1) is 6.26 Å². The van der Waals surface area contributed by atoms with Crippen LogP contribution in [0.1, 0.15) is 25.8 Å². The van der Waals surface area contributed by atoms with Crippen LogP contribution in [-0.4, -0.2) is 5.11 Å². The second kappa shape index (κ2) is 4.70. The predicted octanol–water partition coefficient (Wildman–Crippen LogP) is 3.63. The number of benzene rings is 1. The molecule has 0 bridgehead atoms. The lowest BCUT2D eigenvalue weighted by Crippen LogP contribution is -1.96. The topological polar surface area (TPSA) is 20.2 Å². The van der Waals surface area contributed by atoms with E-state index in [-0.39, 0.29) is 0 Å². The fraction of sp³-hybridized carbons (Fsp3) is 0.333. The molecule has 1 heteroatoms. The molecular weight excluding hydrogens is 160 g/mol. The zero-order valence-corrected chi connectivity index (χ0v) is 8.20. The van der Waals surface area contributed by atoms with E-state index < -0.39 is 0 Å². The normalized spacial score (nSPS) is 14.2. The first kappa shape index (κ1) is 9.85. The van der Waals surface area contributed by atoms with Crippen LogP contribution in [0.5, 0.6) is 0 Å². The van der Waals surface area contributed by atoms with Gasteiger partial charge in [0, 0.05) is 0 Å². The van der Waals surface area contributed by atoms with E-state index in [1.54, 1.807) is 0 Å². The number of allylic oxidation sites excluding steroid dienone is 1. The van der Waals surface area contributed by atoms with Crippen molar-refractivity contribution in [2.24, 2.45) is 5.92 Å². The highest BCUT2D eigenvalue weighted by atomic mass is 16.2. The summed E-state index contributed by atoms with van der Waals surface area (Å²) in [7, 11) is 0. The molecule has 1 aromatic carbocycles. The number of aliphatic hydroxyl groups excluding tert-OH is 1. The summed E-state index contributed by atoms with van der Waals surface area (Å²) in [6.07, 6.45) is 2.27. The minimum Gasteiger partial charge on any atom is -0.515 e. The maximum atomic E-state index is 9.12. The summed E-state index contributed by atoms with van der Waals surface area (Å²) >= 11 is 0. The number of aliphatic hydroxyl groups is 1. The van der Waals surface area contributed by atoms with Crippen LogP contribution in [-0.2, 0) is 0 Å². The zero-order valence-electron chi connectivity index (χ0n) is 8.20. The third kappa shape index (κ3) is 2.35. The number of hydrogen-bond acceptors (Lipinski definition) is 1. The van der Waals surface area contributed by atoms with Crippen molar-refractivity contribution in [1.82, 2.24) is 0 Å². The van der Waals surface area contributed by atoms with Gasteiger partial charge in [0.1, 0.15) is 0 Å². The van der Waals surface area contributed by atoms with E-state index in [4.69, 9.17) is 5.11 Å². The van der Waals surface area contributed by atoms with Crippen molar-refractivity contribution in [2.75, 3.05) is 0 Å². The minimum absolute atomic E-state index is 0.410. The molecule has 0 radical (unpaired) electrons. The number of hydrogen-bond donors (Lipinski definition) is 1. The van der Waals surface area contributed by atoms with Gasteiger partial charge in [-0.25, -0.2) is 0 Å². The summed E-state index contributed by atoms with van der Waals surface area (Å²) < 4.78 is 0. The van der Waals surface area contributed by atoms with Crippen LogP contribution >= 0.6 is 0 Å². The lowest BCUT2D eigenvalue weighted by Gasteiger charge is -2.12. The molecule has 0 spiro atoms. The van der Waals surface area contributed by atoms with Crippen LogP contribution < -0.4 is 0 Å². The van der Waals surface area contributed by atoms with Gasteiger partial charge in [0.2, 0.25) is 0 Å². The van der Waals surface area contributed by atoms with Gasteiger partial charge >= 0.3 is 0 Å². The van der Waals surface area contributed by atoms with Gasteiger partial charge in [-0.15, -0.1) is 0 Å². The van der Waals surface area contributed by atoms with Crippen molar-refractivity contribution >= 4 is 5.57 Å². The summed E-state index contributed by atoms with van der Waals surface area (Å²) in [6.45, 7) is 4.24. The molecule has 1 nitrogen and oxygen atoms in total. The van der Waals surface area contributed by atoms with Crippen molar-refractivity contribution < 1.29 is 5.11 Å². The molecule has 0 fully saturated rings. The number of rotatable bonds is 3. The van der Waals surface area contributed by atoms with Gasteiger partial charge in [-0.1, -0.05) is 44.2 Å². The summed E-state index contributed by atoms with van der Waals surface area (Å²) in [6, 6.07) is 10.00. The monoisotopic (exact) mass is 176 g/mol. The van der Waals surface area contributed by atoms with E-state index in [0.717, 1.165) is 17.6 Å². The van der Waals surface area contributed by atoms with Gasteiger partial charge < -0.3 is 5.11 Å². The Hall–Kier alpha value is -1.24. The van der Waals surface area contributed by atoms with Gasteiger partial charge in [0.25, 0.3) is 0 Å². The standard InChI is InChI=1S/C12H16O/c1-3-10(2)12(9-13)11-7-5-4-6-8-11/h4-10,13H,3H2,1-2H3. The highest BCUT2D eigenvalue weighted by Gasteiger charge is 2.08. The molecule has 0 saturated heterocycles. The molecule has 0 heterocycles. The second-order valence-corrected chi connectivity index (χ2v) is 3.26. The van der Waals surface area contributed by atoms with E-state index in [1.165, 1.54) is 6.26 Å². The smallest absolute Gasteiger partial charge is 0.0832 e. The van der Waals surface area contributed by atoms with Gasteiger partial charge in [-0.05, 0) is 23.5 Å². The third-order valence-electron chi connectivity index (χ3n) is 2.39. The first-order valence-corrected chi connectivity index (χ1v) is 4.69. The summed E-state index contributed by atoms with van der Waals surface area (Å²) in [4.78, 5) is 0. The Morgan fingerprint density at radius 2 is 2.00 bits per heavy atom. The van der Waals surface area contributed by atoms with Crippen LogP contribution in [0.25, 0.3) is 5.57 Å². The fourth-order valence-electron chi connectivity index (χ4n) is 1.34. The van der Waals surface area contributed by atoms with Gasteiger partial charge in [-0.3, -0.25) is 0 Å². The molecule has 1 atom stereocenters. The molecule has 0 aliphatic rings. The molecule has 0 aliphatic carbocycles. The van der Waals surface area contributed by atoms with E-state index in [2.05, 4.69) is 13.8 Å². The van der Waals surface area contributed by atoms with Gasteiger partial charge in [0.15, 0.2) is 0 Å². The van der Waals surface area contributed by atoms with Crippen molar-refractivity contribution in [3.8, 4) is 0 Å². The fourth-order valence-corrected chi connectivity index (χ4v) is 1.34. The van der Waals surface area contributed by atoms with Crippen LogP contribution in [0.15, 0.2) is 36.6 Å². The van der Waals surface area contributed by atoms with Crippen LogP contribution in [0.4, 0.5) is 0 Å². The SMILES string of the molecule is CCC(C)C(=CO)c1ccccc1. The van der Waals surface area contributed by atoms with Crippen LogP contribution in [0, 0.1) is 5.92 Å². The molecule has 0 amide bonds. The van der Waals surface area contributed by atoms with Crippen molar-refractivity contribution in [3.05, 3.63) is 42.2 Å². The Kier molecular flexibility index (Phi) is 3.56. The quantitative estimate of drug-likeness (QED) is 0.697. The highest BCUT2D eigenvalue weighted by Crippen LogP contribution is 2.24. The zero-order chi connectivity index (χ0) is 9.68. The van der Waals surface area contributed by atoms with Crippen molar-refractivity contribution in [2.45, 2.75) is 20.3 Å². The second-order valence-electron chi connectivity index (χ2n) is 3.26. The third-order valence-corrected chi connectivity index (χ3v) is 2.39. The van der Waals surface area contributed by atoms with Gasteiger partial charge in [-0.2, -0.15) is 0 Å². The molecule has 1 aromatic rings. The van der Waals surface area contributed by atoms with Crippen LogP contribution in [0.3, 0.4) is 0 Å². The van der Waals surface area contributed by atoms with E-state index >= 15 is 0 Å². The van der Waals surface area contributed by atoms with Crippen molar-refractivity contribution in [3.63, 3.8) is 0 Å². The Morgan fingerprint density at radius 1 is 1.38 bits per heavy atom. The Labute approximate surface area is 79.7 Å². The Balaban J connectivity index is 2.93. The average molecular weight is 176 g/mol. The average Bonchev–Trinajstić information content (AvgIpc) is 2.20. The maximum absolute atomic E-state index is 9.12. The first-order valence-electron chi connectivity index (χ1n) is 4.69. The minimum atomic E-state index is 0.410. The van der Waals surface area contributed by atoms with Crippen LogP contribution in [0.2, 0.25) is 0 Å². The lowest BCUT2D eigenvalue weighted by atomic mass is 9.93. The molecule has 0 aromatic heterocycles. The molecule has 1 unspecified atom stereocenters. The Bertz CT molecular complexity index is 274. The molecule has 13 heavy (non-hydrogen) atoms. The summed E-state index contributed by atoms with van der Waals surface area (Å²) in [5.41, 5.74) is 2.13. The lowest BCUT2D eigenvalue weighted by molar-refractivity contribution is 0.469.